The maximum atomic E-state index is 10.7. The molecule has 0 unspecified atom stereocenters. The molecule has 0 spiro atoms. The number of rotatable bonds is 2. The summed E-state index contributed by atoms with van der Waals surface area (Å²) in [5, 5.41) is 1.14. The van der Waals surface area contributed by atoms with E-state index in [1.54, 1.807) is 6.07 Å². The van der Waals surface area contributed by atoms with Gasteiger partial charge in [-0.15, -0.1) is 0 Å². The number of aldehydes is 1. The van der Waals surface area contributed by atoms with Gasteiger partial charge in [0.2, 0.25) is 0 Å². The van der Waals surface area contributed by atoms with Gasteiger partial charge >= 0.3 is 0 Å². The minimum atomic E-state index is 0.455. The van der Waals surface area contributed by atoms with Gasteiger partial charge in [-0.2, -0.15) is 0 Å². The fourth-order valence-electron chi connectivity index (χ4n) is 1.89. The summed E-state index contributed by atoms with van der Waals surface area (Å²) < 4.78 is 0. The third-order valence-electron chi connectivity index (χ3n) is 2.74. The summed E-state index contributed by atoms with van der Waals surface area (Å²) in [6.45, 7) is 0. The largest absolute Gasteiger partial charge is 0.361 e. The minimum Gasteiger partial charge on any atom is -0.361 e. The SMILES string of the molecule is O=Cc1cccc(-c2ccc3[nH]ccc3c2)n1. The van der Waals surface area contributed by atoms with Crippen molar-refractivity contribution in [2.75, 3.05) is 0 Å². The zero-order chi connectivity index (χ0) is 11.7. The molecule has 3 aromatic rings. The number of aromatic amines is 1. The fourth-order valence-corrected chi connectivity index (χ4v) is 1.89. The first-order valence-electron chi connectivity index (χ1n) is 5.36. The molecule has 0 saturated heterocycles. The average molecular weight is 222 g/mol. The maximum Gasteiger partial charge on any atom is 0.168 e. The van der Waals surface area contributed by atoms with Gasteiger partial charge in [-0.1, -0.05) is 12.1 Å². The van der Waals surface area contributed by atoms with Crippen LogP contribution >= 0.6 is 0 Å². The van der Waals surface area contributed by atoms with Gasteiger partial charge in [0, 0.05) is 22.7 Å². The highest BCUT2D eigenvalue weighted by Crippen LogP contribution is 2.22. The van der Waals surface area contributed by atoms with Crippen molar-refractivity contribution < 1.29 is 4.79 Å². The molecule has 0 fully saturated rings. The Morgan fingerprint density at radius 2 is 2.06 bits per heavy atom. The molecule has 0 aliphatic heterocycles. The van der Waals surface area contributed by atoms with E-state index >= 15 is 0 Å². The van der Waals surface area contributed by atoms with Crippen molar-refractivity contribution in [1.82, 2.24) is 9.97 Å². The molecule has 2 heterocycles. The van der Waals surface area contributed by atoms with E-state index in [0.29, 0.717) is 5.69 Å². The van der Waals surface area contributed by atoms with Gasteiger partial charge in [0.15, 0.2) is 6.29 Å². The molecule has 2 aromatic heterocycles. The molecule has 0 amide bonds. The minimum absolute atomic E-state index is 0.455. The predicted molar refractivity (Wildman–Crippen MR) is 66.9 cm³/mol. The van der Waals surface area contributed by atoms with Crippen LogP contribution in [0.4, 0.5) is 0 Å². The first kappa shape index (κ1) is 9.78. The number of nitrogens with zero attached hydrogens (tertiary/aromatic N) is 1. The number of aromatic nitrogens is 2. The molecule has 0 saturated carbocycles. The number of hydrogen-bond acceptors (Lipinski definition) is 2. The number of pyridine rings is 1. The summed E-state index contributed by atoms with van der Waals surface area (Å²) in [5.41, 5.74) is 3.38. The van der Waals surface area contributed by atoms with Gasteiger partial charge in [-0.3, -0.25) is 4.79 Å². The lowest BCUT2D eigenvalue weighted by atomic mass is 10.1. The van der Waals surface area contributed by atoms with Crippen LogP contribution in [0.15, 0.2) is 48.7 Å². The lowest BCUT2D eigenvalue weighted by Crippen LogP contribution is -1.89. The summed E-state index contributed by atoms with van der Waals surface area (Å²) >= 11 is 0. The molecule has 0 atom stereocenters. The van der Waals surface area contributed by atoms with Crippen molar-refractivity contribution in [3.8, 4) is 11.3 Å². The molecule has 17 heavy (non-hydrogen) atoms. The molecule has 1 aromatic carbocycles. The second-order valence-corrected chi connectivity index (χ2v) is 3.85. The molecule has 1 N–H and O–H groups in total. The highest BCUT2D eigenvalue weighted by Gasteiger charge is 2.02. The topological polar surface area (TPSA) is 45.8 Å². The van der Waals surface area contributed by atoms with Crippen LogP contribution in [0.3, 0.4) is 0 Å². The van der Waals surface area contributed by atoms with Crippen LogP contribution in [-0.2, 0) is 0 Å². The van der Waals surface area contributed by atoms with E-state index in [2.05, 4.69) is 16.0 Å². The number of hydrogen-bond donors (Lipinski definition) is 1. The average Bonchev–Trinajstić information content (AvgIpc) is 2.86. The summed E-state index contributed by atoms with van der Waals surface area (Å²) in [6, 6.07) is 13.5. The molecule has 0 bridgehead atoms. The molecule has 3 nitrogen and oxygen atoms in total. The van der Waals surface area contributed by atoms with E-state index in [1.165, 1.54) is 0 Å². The molecule has 0 aliphatic carbocycles. The van der Waals surface area contributed by atoms with Crippen molar-refractivity contribution in [2.24, 2.45) is 0 Å². The van der Waals surface area contributed by atoms with Crippen LogP contribution in [0.1, 0.15) is 10.5 Å². The van der Waals surface area contributed by atoms with Gasteiger partial charge in [0.25, 0.3) is 0 Å². The summed E-state index contributed by atoms with van der Waals surface area (Å²) in [5.74, 6) is 0. The van der Waals surface area contributed by atoms with Gasteiger partial charge in [0.1, 0.15) is 5.69 Å². The zero-order valence-electron chi connectivity index (χ0n) is 9.05. The van der Waals surface area contributed by atoms with Crippen LogP contribution < -0.4 is 0 Å². The first-order valence-corrected chi connectivity index (χ1v) is 5.36. The van der Waals surface area contributed by atoms with Crippen LogP contribution in [0, 0.1) is 0 Å². The van der Waals surface area contributed by atoms with Crippen LogP contribution in [-0.4, -0.2) is 16.3 Å². The number of nitrogens with one attached hydrogen (secondary N) is 1. The van der Waals surface area contributed by atoms with E-state index in [1.807, 2.05) is 36.5 Å². The monoisotopic (exact) mass is 222 g/mol. The maximum absolute atomic E-state index is 10.7. The van der Waals surface area contributed by atoms with Crippen LogP contribution in [0.5, 0.6) is 0 Å². The molecular weight excluding hydrogens is 212 g/mol. The Morgan fingerprint density at radius 1 is 1.12 bits per heavy atom. The Balaban J connectivity index is 2.15. The Hall–Kier alpha value is -2.42. The quantitative estimate of drug-likeness (QED) is 0.677. The van der Waals surface area contributed by atoms with Gasteiger partial charge in [-0.05, 0) is 30.3 Å². The summed E-state index contributed by atoms with van der Waals surface area (Å²) in [4.78, 5) is 18.1. The number of H-pyrrole nitrogens is 1. The number of fused-ring (bicyclic) bond motifs is 1. The smallest absolute Gasteiger partial charge is 0.168 e. The molecular formula is C14H10N2O. The van der Waals surface area contributed by atoms with E-state index in [4.69, 9.17) is 0 Å². The second-order valence-electron chi connectivity index (χ2n) is 3.85. The third kappa shape index (κ3) is 1.72. The standard InChI is InChI=1S/C14H10N2O/c17-9-12-2-1-3-14(16-12)10-4-5-13-11(8-10)6-7-15-13/h1-9,15H. The lowest BCUT2D eigenvalue weighted by molar-refractivity contribution is 0.111. The van der Waals surface area contributed by atoms with E-state index in [9.17, 15) is 4.79 Å². The summed E-state index contributed by atoms with van der Waals surface area (Å²) in [6.07, 6.45) is 2.67. The predicted octanol–water partition coefficient (Wildman–Crippen LogP) is 3.04. The Kier molecular flexibility index (Phi) is 2.22. The molecule has 82 valence electrons. The Morgan fingerprint density at radius 3 is 2.94 bits per heavy atom. The van der Waals surface area contributed by atoms with E-state index < -0.39 is 0 Å². The number of carbonyl (C=O) groups is 1. The van der Waals surface area contributed by atoms with Gasteiger partial charge < -0.3 is 4.98 Å². The fraction of sp³-hybridized carbons (Fsp3) is 0. The van der Waals surface area contributed by atoms with Crippen molar-refractivity contribution in [2.45, 2.75) is 0 Å². The molecule has 3 rings (SSSR count). The highest BCUT2D eigenvalue weighted by molar-refractivity contribution is 5.84. The van der Waals surface area contributed by atoms with Crippen molar-refractivity contribution >= 4 is 17.2 Å². The van der Waals surface area contributed by atoms with Crippen molar-refractivity contribution in [3.63, 3.8) is 0 Å². The van der Waals surface area contributed by atoms with Crippen LogP contribution in [0.25, 0.3) is 22.2 Å². The zero-order valence-corrected chi connectivity index (χ0v) is 9.05. The second kappa shape index (κ2) is 3.87. The van der Waals surface area contributed by atoms with E-state index in [-0.39, 0.29) is 0 Å². The first-order chi connectivity index (χ1) is 8.36. The van der Waals surface area contributed by atoms with Crippen molar-refractivity contribution in [3.05, 3.63) is 54.4 Å². The van der Waals surface area contributed by atoms with E-state index in [0.717, 1.165) is 28.4 Å². The molecule has 0 aliphatic rings. The Bertz CT molecular complexity index is 685. The third-order valence-corrected chi connectivity index (χ3v) is 2.74. The number of carbonyl (C=O) groups excluding carboxylic acids is 1. The van der Waals surface area contributed by atoms with Crippen LogP contribution in [0.2, 0.25) is 0 Å². The van der Waals surface area contributed by atoms with Gasteiger partial charge in [0.05, 0.1) is 5.69 Å². The molecule has 0 radical (unpaired) electrons. The Labute approximate surface area is 98.1 Å². The lowest BCUT2D eigenvalue weighted by Gasteiger charge is -2.01. The normalized spacial score (nSPS) is 10.6. The highest BCUT2D eigenvalue weighted by atomic mass is 16.1. The summed E-state index contributed by atoms with van der Waals surface area (Å²) in [7, 11) is 0. The van der Waals surface area contributed by atoms with Gasteiger partial charge in [-0.25, -0.2) is 4.98 Å². The molecule has 3 heteroatoms. The number of benzene rings is 1. The van der Waals surface area contributed by atoms with Crippen molar-refractivity contribution in [1.29, 1.82) is 0 Å².